The predicted molar refractivity (Wildman–Crippen MR) is 91.9 cm³/mol. The van der Waals surface area contributed by atoms with Crippen molar-refractivity contribution in [1.82, 2.24) is 4.90 Å². The van der Waals surface area contributed by atoms with Gasteiger partial charge in [0.25, 0.3) is 5.91 Å². The quantitative estimate of drug-likeness (QED) is 0.740. The molecular formula is C19H25NO4. The summed E-state index contributed by atoms with van der Waals surface area (Å²) in [6.07, 6.45) is 4.09. The largest absolute Gasteiger partial charge is 0.503 e. The highest BCUT2D eigenvalue weighted by atomic mass is 16.5. The number of methoxy groups -OCH3 is 1. The first-order valence-corrected chi connectivity index (χ1v) is 8.40. The summed E-state index contributed by atoms with van der Waals surface area (Å²) in [6, 6.07) is 6.72. The van der Waals surface area contributed by atoms with Gasteiger partial charge in [0.15, 0.2) is 11.5 Å². The Balaban J connectivity index is 2.31. The van der Waals surface area contributed by atoms with Crippen molar-refractivity contribution < 1.29 is 19.4 Å². The molecule has 0 aliphatic carbocycles. The Labute approximate surface area is 142 Å². The van der Waals surface area contributed by atoms with E-state index in [1.54, 1.807) is 24.1 Å². The van der Waals surface area contributed by atoms with Gasteiger partial charge in [0, 0.05) is 6.54 Å². The molecule has 1 heterocycles. The minimum atomic E-state index is -0.525. The van der Waals surface area contributed by atoms with Crippen molar-refractivity contribution in [3.63, 3.8) is 0 Å². The van der Waals surface area contributed by atoms with Gasteiger partial charge < -0.3 is 14.7 Å². The van der Waals surface area contributed by atoms with E-state index in [1.165, 1.54) is 6.92 Å². The van der Waals surface area contributed by atoms with Crippen LogP contribution in [0.3, 0.4) is 0 Å². The van der Waals surface area contributed by atoms with Crippen LogP contribution in [0, 0.1) is 0 Å². The predicted octanol–water partition coefficient (Wildman–Crippen LogP) is 3.56. The molecule has 1 unspecified atom stereocenters. The fourth-order valence-electron chi connectivity index (χ4n) is 3.09. The first kappa shape index (κ1) is 18.0. The number of aliphatic hydroxyl groups excluding tert-OH is 1. The van der Waals surface area contributed by atoms with Gasteiger partial charge in [-0.3, -0.25) is 9.59 Å². The van der Waals surface area contributed by atoms with E-state index in [-0.39, 0.29) is 11.4 Å². The molecule has 1 N–H and O–H groups in total. The Morgan fingerprint density at radius 1 is 1.21 bits per heavy atom. The summed E-state index contributed by atoms with van der Waals surface area (Å²) in [5.41, 5.74) is 0.981. The number of hydrogen-bond donors (Lipinski definition) is 1. The van der Waals surface area contributed by atoms with Crippen molar-refractivity contribution in [3.8, 4) is 5.75 Å². The number of Topliss-reactive ketones (excluding diaryl/α,β-unsaturated/α-hetero) is 1. The molecule has 0 saturated heterocycles. The highest BCUT2D eigenvalue weighted by Crippen LogP contribution is 2.38. The van der Waals surface area contributed by atoms with Crippen LogP contribution < -0.4 is 4.74 Å². The van der Waals surface area contributed by atoms with Crippen LogP contribution >= 0.6 is 0 Å². The molecule has 0 spiro atoms. The zero-order chi connectivity index (χ0) is 17.7. The molecule has 1 aromatic rings. The van der Waals surface area contributed by atoms with Crippen molar-refractivity contribution in [2.75, 3.05) is 13.7 Å². The fourth-order valence-corrected chi connectivity index (χ4v) is 3.09. The molecule has 1 aliphatic heterocycles. The van der Waals surface area contributed by atoms with E-state index >= 15 is 0 Å². The zero-order valence-electron chi connectivity index (χ0n) is 14.5. The van der Waals surface area contributed by atoms with Crippen LogP contribution in [0.2, 0.25) is 0 Å². The summed E-state index contributed by atoms with van der Waals surface area (Å²) >= 11 is 0. The normalized spacial score (nSPS) is 17.5. The van der Waals surface area contributed by atoms with Crippen molar-refractivity contribution in [3.05, 3.63) is 41.2 Å². The van der Waals surface area contributed by atoms with Gasteiger partial charge in [0.1, 0.15) is 5.75 Å². The van der Waals surface area contributed by atoms with E-state index in [1.807, 2.05) is 12.1 Å². The number of benzene rings is 1. The SMILES string of the molecule is CCCCCCN1C(=O)C(O)=C(C(C)=O)C1c1ccc(OC)cc1. The van der Waals surface area contributed by atoms with Gasteiger partial charge >= 0.3 is 0 Å². The number of aliphatic hydroxyl groups is 1. The van der Waals surface area contributed by atoms with Crippen molar-refractivity contribution >= 4 is 11.7 Å². The van der Waals surface area contributed by atoms with Gasteiger partial charge in [-0.25, -0.2) is 0 Å². The first-order valence-electron chi connectivity index (χ1n) is 8.40. The lowest BCUT2D eigenvalue weighted by molar-refractivity contribution is -0.129. The van der Waals surface area contributed by atoms with Crippen molar-refractivity contribution in [2.45, 2.75) is 45.6 Å². The third kappa shape index (κ3) is 3.61. The smallest absolute Gasteiger partial charge is 0.290 e. The minimum Gasteiger partial charge on any atom is -0.503 e. The number of unbranched alkanes of at least 4 members (excludes halogenated alkanes) is 3. The number of nitrogens with zero attached hydrogens (tertiary/aromatic N) is 1. The topological polar surface area (TPSA) is 66.8 Å². The summed E-state index contributed by atoms with van der Waals surface area (Å²) in [6.45, 7) is 4.04. The summed E-state index contributed by atoms with van der Waals surface area (Å²) < 4.78 is 5.16. The molecule has 1 aromatic carbocycles. The van der Waals surface area contributed by atoms with E-state index in [4.69, 9.17) is 4.74 Å². The van der Waals surface area contributed by atoms with E-state index < -0.39 is 17.7 Å². The van der Waals surface area contributed by atoms with Crippen LogP contribution in [0.1, 0.15) is 51.1 Å². The van der Waals surface area contributed by atoms with Gasteiger partial charge in [-0.05, 0) is 31.0 Å². The lowest BCUT2D eigenvalue weighted by Crippen LogP contribution is -2.32. The molecule has 5 nitrogen and oxygen atoms in total. The first-order chi connectivity index (χ1) is 11.5. The Hall–Kier alpha value is -2.30. The second-order valence-electron chi connectivity index (χ2n) is 6.05. The third-order valence-corrected chi connectivity index (χ3v) is 4.37. The number of ketones is 1. The molecular weight excluding hydrogens is 306 g/mol. The molecule has 2 rings (SSSR count). The Kier molecular flexibility index (Phi) is 6.01. The van der Waals surface area contributed by atoms with Gasteiger partial charge in [0.05, 0.1) is 18.7 Å². The third-order valence-electron chi connectivity index (χ3n) is 4.37. The molecule has 0 fully saturated rings. The van der Waals surface area contributed by atoms with Gasteiger partial charge in [-0.1, -0.05) is 38.3 Å². The molecule has 5 heteroatoms. The number of ether oxygens (including phenoxy) is 1. The zero-order valence-corrected chi connectivity index (χ0v) is 14.5. The highest BCUT2D eigenvalue weighted by molar-refractivity contribution is 6.08. The van der Waals surface area contributed by atoms with Crippen LogP contribution in [0.15, 0.2) is 35.6 Å². The second-order valence-corrected chi connectivity index (χ2v) is 6.05. The number of rotatable bonds is 8. The van der Waals surface area contributed by atoms with Crippen LogP contribution in [-0.2, 0) is 9.59 Å². The van der Waals surface area contributed by atoms with E-state index in [0.29, 0.717) is 12.3 Å². The molecule has 1 aliphatic rings. The number of amides is 1. The van der Waals surface area contributed by atoms with Crippen LogP contribution in [0.25, 0.3) is 0 Å². The van der Waals surface area contributed by atoms with Crippen LogP contribution in [0.4, 0.5) is 0 Å². The van der Waals surface area contributed by atoms with Crippen LogP contribution in [-0.4, -0.2) is 35.4 Å². The lowest BCUT2D eigenvalue weighted by Gasteiger charge is -2.26. The van der Waals surface area contributed by atoms with Gasteiger partial charge in [-0.2, -0.15) is 0 Å². The molecule has 130 valence electrons. The lowest BCUT2D eigenvalue weighted by atomic mass is 9.96. The highest BCUT2D eigenvalue weighted by Gasteiger charge is 2.41. The summed E-state index contributed by atoms with van der Waals surface area (Å²) in [7, 11) is 1.58. The molecule has 1 amide bonds. The van der Waals surface area contributed by atoms with Crippen molar-refractivity contribution in [1.29, 1.82) is 0 Å². The fraction of sp³-hybridized carbons (Fsp3) is 0.474. The Morgan fingerprint density at radius 2 is 1.88 bits per heavy atom. The Bertz CT molecular complexity index is 633. The average molecular weight is 331 g/mol. The number of carbonyl (C=O) groups is 2. The maximum atomic E-state index is 12.4. The molecule has 0 radical (unpaired) electrons. The van der Waals surface area contributed by atoms with Gasteiger partial charge in [0.2, 0.25) is 0 Å². The standard InChI is InChI=1S/C19H25NO4/c1-4-5-6-7-12-20-17(14-8-10-15(24-3)11-9-14)16(13(2)21)18(22)19(20)23/h8-11,17,22H,4-7,12H2,1-3H3. The van der Waals surface area contributed by atoms with E-state index in [2.05, 4.69) is 6.92 Å². The molecule has 1 atom stereocenters. The molecule has 24 heavy (non-hydrogen) atoms. The average Bonchev–Trinajstić information content (AvgIpc) is 2.83. The summed E-state index contributed by atoms with van der Waals surface area (Å²) in [4.78, 5) is 26.0. The molecule has 0 bridgehead atoms. The van der Waals surface area contributed by atoms with Crippen molar-refractivity contribution in [2.24, 2.45) is 0 Å². The van der Waals surface area contributed by atoms with Gasteiger partial charge in [-0.15, -0.1) is 0 Å². The second kappa shape index (κ2) is 7.99. The summed E-state index contributed by atoms with van der Waals surface area (Å²) in [5.74, 6) is -0.454. The Morgan fingerprint density at radius 3 is 2.42 bits per heavy atom. The minimum absolute atomic E-state index is 0.181. The molecule has 0 aromatic heterocycles. The van der Waals surface area contributed by atoms with E-state index in [9.17, 15) is 14.7 Å². The summed E-state index contributed by atoms with van der Waals surface area (Å²) in [5, 5.41) is 10.2. The van der Waals surface area contributed by atoms with Crippen LogP contribution in [0.5, 0.6) is 5.75 Å². The number of hydrogen-bond acceptors (Lipinski definition) is 4. The monoisotopic (exact) mass is 331 g/mol. The van der Waals surface area contributed by atoms with E-state index in [0.717, 1.165) is 31.2 Å². The maximum Gasteiger partial charge on any atom is 0.290 e. The number of carbonyl (C=O) groups excluding carboxylic acids is 2. The maximum absolute atomic E-state index is 12.4. The molecule has 0 saturated carbocycles.